The number of hydrogen-bond donors (Lipinski definition) is 1. The number of rotatable bonds is 4. The van der Waals surface area contributed by atoms with E-state index in [1.165, 1.54) is 7.11 Å². The SMILES string of the molecule is COC(=O)[C@@H](NC(=O)c1ccccc1C#Cc1ccccc1)C(C)C. The van der Waals surface area contributed by atoms with E-state index in [-0.39, 0.29) is 11.8 Å². The molecule has 2 rings (SSSR count). The maximum Gasteiger partial charge on any atom is 0.328 e. The molecule has 4 nitrogen and oxygen atoms in total. The Kier molecular flexibility index (Phi) is 6.36. The second kappa shape index (κ2) is 8.70. The third kappa shape index (κ3) is 4.95. The van der Waals surface area contributed by atoms with Gasteiger partial charge in [-0.2, -0.15) is 0 Å². The van der Waals surface area contributed by atoms with E-state index in [9.17, 15) is 9.59 Å². The molecule has 0 aliphatic heterocycles. The molecule has 0 saturated carbocycles. The normalized spacial score (nSPS) is 11.2. The first-order chi connectivity index (χ1) is 12.0. The number of ether oxygens (including phenoxy) is 1. The second-order valence-corrected chi connectivity index (χ2v) is 5.88. The van der Waals surface area contributed by atoms with E-state index >= 15 is 0 Å². The molecule has 4 heteroatoms. The van der Waals surface area contributed by atoms with Crippen molar-refractivity contribution in [3.05, 3.63) is 71.3 Å². The predicted octanol–water partition coefficient (Wildman–Crippen LogP) is 3.01. The van der Waals surface area contributed by atoms with Crippen molar-refractivity contribution in [2.24, 2.45) is 5.92 Å². The van der Waals surface area contributed by atoms with Crippen LogP contribution in [0, 0.1) is 17.8 Å². The fraction of sp³-hybridized carbons (Fsp3) is 0.238. The zero-order valence-corrected chi connectivity index (χ0v) is 14.6. The first-order valence-corrected chi connectivity index (χ1v) is 8.07. The highest BCUT2D eigenvalue weighted by atomic mass is 16.5. The van der Waals surface area contributed by atoms with Crippen LogP contribution in [0.1, 0.15) is 35.3 Å². The number of esters is 1. The summed E-state index contributed by atoms with van der Waals surface area (Å²) in [7, 11) is 1.31. The summed E-state index contributed by atoms with van der Waals surface area (Å²) in [6.45, 7) is 3.70. The molecule has 0 aliphatic carbocycles. The molecule has 0 spiro atoms. The number of methoxy groups -OCH3 is 1. The average molecular weight is 335 g/mol. The maximum absolute atomic E-state index is 12.6. The summed E-state index contributed by atoms with van der Waals surface area (Å²) in [6, 6.07) is 15.9. The van der Waals surface area contributed by atoms with Crippen LogP contribution in [0.4, 0.5) is 0 Å². The lowest BCUT2D eigenvalue weighted by Gasteiger charge is -2.20. The molecule has 0 radical (unpaired) electrons. The third-order valence-electron chi connectivity index (χ3n) is 3.70. The van der Waals surface area contributed by atoms with Gasteiger partial charge in [0, 0.05) is 11.1 Å². The van der Waals surface area contributed by atoms with E-state index in [0.717, 1.165) is 5.56 Å². The van der Waals surface area contributed by atoms with E-state index in [0.29, 0.717) is 11.1 Å². The molecule has 25 heavy (non-hydrogen) atoms. The van der Waals surface area contributed by atoms with Crippen molar-refractivity contribution in [3.8, 4) is 11.8 Å². The lowest BCUT2D eigenvalue weighted by Crippen LogP contribution is -2.45. The lowest BCUT2D eigenvalue weighted by atomic mass is 10.0. The van der Waals surface area contributed by atoms with Crippen molar-refractivity contribution in [2.45, 2.75) is 19.9 Å². The van der Waals surface area contributed by atoms with Crippen LogP contribution in [-0.2, 0) is 9.53 Å². The standard InChI is InChI=1S/C21H21NO3/c1-15(2)19(21(24)25-3)22-20(23)18-12-8-7-11-17(18)14-13-16-9-5-4-6-10-16/h4-12,15,19H,1-3H3,(H,22,23)/t19-/m0/s1. The fourth-order valence-electron chi connectivity index (χ4n) is 2.29. The van der Waals surface area contributed by atoms with Crippen LogP contribution >= 0.6 is 0 Å². The average Bonchev–Trinajstić information content (AvgIpc) is 2.64. The molecule has 2 aromatic rings. The summed E-state index contributed by atoms with van der Waals surface area (Å²) in [6.07, 6.45) is 0. The van der Waals surface area contributed by atoms with Gasteiger partial charge in [0.05, 0.1) is 12.7 Å². The molecule has 0 bridgehead atoms. The Morgan fingerprint density at radius 3 is 2.24 bits per heavy atom. The minimum Gasteiger partial charge on any atom is -0.467 e. The zero-order valence-electron chi connectivity index (χ0n) is 14.6. The number of carbonyl (C=O) groups is 2. The summed E-state index contributed by atoms with van der Waals surface area (Å²) in [5.74, 6) is 5.18. The third-order valence-corrected chi connectivity index (χ3v) is 3.70. The van der Waals surface area contributed by atoms with Crippen LogP contribution in [0.15, 0.2) is 54.6 Å². The molecule has 0 unspecified atom stereocenters. The molecule has 1 amide bonds. The van der Waals surface area contributed by atoms with E-state index in [1.807, 2.05) is 50.2 Å². The fourth-order valence-corrected chi connectivity index (χ4v) is 2.29. The van der Waals surface area contributed by atoms with Gasteiger partial charge in [0.15, 0.2) is 0 Å². The number of nitrogens with one attached hydrogen (secondary N) is 1. The smallest absolute Gasteiger partial charge is 0.328 e. The van der Waals surface area contributed by atoms with Crippen molar-refractivity contribution in [2.75, 3.05) is 7.11 Å². The van der Waals surface area contributed by atoms with Gasteiger partial charge in [0.1, 0.15) is 6.04 Å². The van der Waals surface area contributed by atoms with Crippen LogP contribution < -0.4 is 5.32 Å². The van der Waals surface area contributed by atoms with Gasteiger partial charge >= 0.3 is 5.97 Å². The zero-order chi connectivity index (χ0) is 18.2. The summed E-state index contributed by atoms with van der Waals surface area (Å²) in [5, 5.41) is 2.74. The Morgan fingerprint density at radius 1 is 0.960 bits per heavy atom. The summed E-state index contributed by atoms with van der Waals surface area (Å²) in [4.78, 5) is 24.5. The molecule has 0 fully saturated rings. The summed E-state index contributed by atoms with van der Waals surface area (Å²) in [5.41, 5.74) is 1.91. The highest BCUT2D eigenvalue weighted by molar-refractivity contribution is 5.99. The molecule has 2 aromatic carbocycles. The van der Waals surface area contributed by atoms with Gasteiger partial charge in [-0.1, -0.05) is 56.0 Å². The second-order valence-electron chi connectivity index (χ2n) is 5.88. The maximum atomic E-state index is 12.6. The van der Waals surface area contributed by atoms with Gasteiger partial charge in [-0.15, -0.1) is 0 Å². The van der Waals surface area contributed by atoms with Crippen molar-refractivity contribution >= 4 is 11.9 Å². The van der Waals surface area contributed by atoms with Crippen LogP contribution in [0.2, 0.25) is 0 Å². The first kappa shape index (κ1) is 18.3. The molecule has 1 atom stereocenters. The molecular weight excluding hydrogens is 314 g/mol. The van der Waals surface area contributed by atoms with E-state index in [1.54, 1.807) is 18.2 Å². The van der Waals surface area contributed by atoms with Gasteiger partial charge in [0.2, 0.25) is 0 Å². The molecule has 128 valence electrons. The number of hydrogen-bond acceptors (Lipinski definition) is 3. The Balaban J connectivity index is 2.26. The quantitative estimate of drug-likeness (QED) is 0.690. The van der Waals surface area contributed by atoms with Gasteiger partial charge < -0.3 is 10.1 Å². The minimum atomic E-state index is -0.701. The Morgan fingerprint density at radius 2 is 1.60 bits per heavy atom. The molecule has 1 N–H and O–H groups in total. The number of carbonyl (C=O) groups excluding carboxylic acids is 2. The van der Waals surface area contributed by atoms with E-state index in [4.69, 9.17) is 4.74 Å². The Bertz CT molecular complexity index is 801. The number of benzene rings is 2. The van der Waals surface area contributed by atoms with Crippen molar-refractivity contribution in [3.63, 3.8) is 0 Å². The first-order valence-electron chi connectivity index (χ1n) is 8.07. The van der Waals surface area contributed by atoms with Gasteiger partial charge in [-0.3, -0.25) is 4.79 Å². The van der Waals surface area contributed by atoms with Crippen molar-refractivity contribution in [1.82, 2.24) is 5.32 Å². The van der Waals surface area contributed by atoms with Crippen LogP contribution in [-0.4, -0.2) is 25.0 Å². The van der Waals surface area contributed by atoms with Gasteiger partial charge in [-0.05, 0) is 30.2 Å². The van der Waals surface area contributed by atoms with Gasteiger partial charge in [-0.25, -0.2) is 4.79 Å². The molecule has 0 aliphatic rings. The topological polar surface area (TPSA) is 55.4 Å². The predicted molar refractivity (Wildman–Crippen MR) is 97.0 cm³/mol. The minimum absolute atomic E-state index is 0.0843. The monoisotopic (exact) mass is 335 g/mol. The van der Waals surface area contributed by atoms with Crippen LogP contribution in [0.3, 0.4) is 0 Å². The van der Waals surface area contributed by atoms with Gasteiger partial charge in [0.25, 0.3) is 5.91 Å². The van der Waals surface area contributed by atoms with E-state index in [2.05, 4.69) is 17.2 Å². The lowest BCUT2D eigenvalue weighted by molar-refractivity contribution is -0.144. The molecule has 0 saturated heterocycles. The molecule has 0 aromatic heterocycles. The van der Waals surface area contributed by atoms with Crippen LogP contribution in [0.25, 0.3) is 0 Å². The highest BCUT2D eigenvalue weighted by Crippen LogP contribution is 2.11. The molecular formula is C21H21NO3. The Labute approximate surface area is 148 Å². The number of amides is 1. The van der Waals surface area contributed by atoms with E-state index < -0.39 is 12.0 Å². The highest BCUT2D eigenvalue weighted by Gasteiger charge is 2.25. The van der Waals surface area contributed by atoms with Crippen molar-refractivity contribution in [1.29, 1.82) is 0 Å². The van der Waals surface area contributed by atoms with Crippen LogP contribution in [0.5, 0.6) is 0 Å². The Hall–Kier alpha value is -3.06. The largest absolute Gasteiger partial charge is 0.467 e. The molecule has 0 heterocycles. The van der Waals surface area contributed by atoms with Crippen molar-refractivity contribution < 1.29 is 14.3 Å². The summed E-state index contributed by atoms with van der Waals surface area (Å²) < 4.78 is 4.76. The summed E-state index contributed by atoms with van der Waals surface area (Å²) >= 11 is 0.